The molecule has 2 rings (SSSR count). The molecule has 0 aliphatic carbocycles. The van der Waals surface area contributed by atoms with Crippen molar-refractivity contribution in [3.63, 3.8) is 0 Å². The summed E-state index contributed by atoms with van der Waals surface area (Å²) in [4.78, 5) is 2.69. The molecule has 0 saturated carbocycles. The first kappa shape index (κ1) is 14.9. The minimum absolute atomic E-state index is 0.257. The van der Waals surface area contributed by atoms with Crippen molar-refractivity contribution in [1.82, 2.24) is 5.32 Å². The summed E-state index contributed by atoms with van der Waals surface area (Å²) in [5, 5.41) is 4.97. The summed E-state index contributed by atoms with van der Waals surface area (Å²) in [7, 11) is 0. The molecule has 19 heavy (non-hydrogen) atoms. The Bertz CT molecular complexity index is 551. The summed E-state index contributed by atoms with van der Waals surface area (Å²) >= 11 is 14.0. The van der Waals surface area contributed by atoms with Gasteiger partial charge in [-0.05, 0) is 43.2 Å². The zero-order valence-electron chi connectivity index (χ0n) is 11.0. The molecule has 1 nitrogen and oxygen atoms in total. The number of halogens is 2. The van der Waals surface area contributed by atoms with Crippen molar-refractivity contribution in [3.8, 4) is 0 Å². The Morgan fingerprint density at radius 2 is 2.00 bits per heavy atom. The average molecular weight is 314 g/mol. The predicted molar refractivity (Wildman–Crippen MR) is 85.4 cm³/mol. The van der Waals surface area contributed by atoms with Crippen LogP contribution < -0.4 is 5.32 Å². The molecule has 1 atom stereocenters. The van der Waals surface area contributed by atoms with Crippen LogP contribution in [0.1, 0.15) is 34.7 Å². The second kappa shape index (κ2) is 6.76. The van der Waals surface area contributed by atoms with Gasteiger partial charge in [0.05, 0.1) is 0 Å². The summed E-state index contributed by atoms with van der Waals surface area (Å²) in [5.74, 6) is 0. The zero-order valence-corrected chi connectivity index (χ0v) is 13.4. The van der Waals surface area contributed by atoms with Gasteiger partial charge in [0.1, 0.15) is 0 Å². The van der Waals surface area contributed by atoms with Crippen LogP contribution in [-0.4, -0.2) is 0 Å². The average Bonchev–Trinajstić information content (AvgIpc) is 2.78. The first-order valence-electron chi connectivity index (χ1n) is 6.33. The van der Waals surface area contributed by atoms with Gasteiger partial charge >= 0.3 is 0 Å². The SMILES string of the molecule is CCC(NCc1ccc(C)s1)c1ccc(Cl)cc1Cl. The van der Waals surface area contributed by atoms with Crippen LogP contribution in [0.25, 0.3) is 0 Å². The molecule has 2 aromatic rings. The Labute approximate surface area is 128 Å². The predicted octanol–water partition coefficient (Wildman–Crippen LogP) is 5.60. The van der Waals surface area contributed by atoms with Crippen molar-refractivity contribution in [2.24, 2.45) is 0 Å². The van der Waals surface area contributed by atoms with Crippen molar-refractivity contribution in [2.75, 3.05) is 0 Å². The van der Waals surface area contributed by atoms with E-state index in [1.165, 1.54) is 9.75 Å². The van der Waals surface area contributed by atoms with Gasteiger partial charge in [-0.15, -0.1) is 11.3 Å². The highest BCUT2D eigenvalue weighted by Crippen LogP contribution is 2.28. The lowest BCUT2D eigenvalue weighted by molar-refractivity contribution is 0.522. The van der Waals surface area contributed by atoms with Crippen LogP contribution in [0.3, 0.4) is 0 Å². The monoisotopic (exact) mass is 313 g/mol. The van der Waals surface area contributed by atoms with Gasteiger partial charge in [0.2, 0.25) is 0 Å². The third-order valence-corrected chi connectivity index (χ3v) is 4.63. The van der Waals surface area contributed by atoms with E-state index in [-0.39, 0.29) is 6.04 Å². The van der Waals surface area contributed by atoms with Crippen molar-refractivity contribution in [1.29, 1.82) is 0 Å². The van der Waals surface area contributed by atoms with Gasteiger partial charge in [0, 0.05) is 32.4 Å². The van der Waals surface area contributed by atoms with Crippen LogP contribution >= 0.6 is 34.5 Å². The van der Waals surface area contributed by atoms with Gasteiger partial charge in [0.25, 0.3) is 0 Å². The molecule has 0 amide bonds. The molecule has 0 fully saturated rings. The largest absolute Gasteiger partial charge is 0.305 e. The van der Waals surface area contributed by atoms with Gasteiger partial charge in [0.15, 0.2) is 0 Å². The fourth-order valence-corrected chi connectivity index (χ4v) is 3.44. The number of hydrogen-bond donors (Lipinski definition) is 1. The van der Waals surface area contributed by atoms with E-state index in [4.69, 9.17) is 23.2 Å². The lowest BCUT2D eigenvalue weighted by Gasteiger charge is -2.18. The molecule has 4 heteroatoms. The molecule has 0 aliphatic heterocycles. The molecule has 0 saturated heterocycles. The first-order valence-corrected chi connectivity index (χ1v) is 7.91. The summed E-state index contributed by atoms with van der Waals surface area (Å²) < 4.78 is 0. The molecule has 0 spiro atoms. The zero-order chi connectivity index (χ0) is 13.8. The molecule has 0 aliphatic rings. The fraction of sp³-hybridized carbons (Fsp3) is 0.333. The molecule has 0 radical (unpaired) electrons. The standard InChI is InChI=1S/C15H17Cl2NS/c1-3-15(13-7-5-11(16)8-14(13)17)18-9-12-6-4-10(2)19-12/h4-8,15,18H,3,9H2,1-2H3. The quantitative estimate of drug-likeness (QED) is 0.757. The van der Waals surface area contributed by atoms with E-state index in [9.17, 15) is 0 Å². The molecule has 1 aromatic carbocycles. The van der Waals surface area contributed by atoms with Gasteiger partial charge in [-0.25, -0.2) is 0 Å². The van der Waals surface area contributed by atoms with Crippen molar-refractivity contribution in [2.45, 2.75) is 32.9 Å². The molecule has 1 N–H and O–H groups in total. The van der Waals surface area contributed by atoms with Crippen molar-refractivity contribution in [3.05, 3.63) is 55.7 Å². The highest BCUT2D eigenvalue weighted by Gasteiger charge is 2.13. The Kier molecular flexibility index (Phi) is 5.28. The van der Waals surface area contributed by atoms with Crippen LogP contribution in [-0.2, 0) is 6.54 Å². The maximum Gasteiger partial charge on any atom is 0.0468 e. The van der Waals surface area contributed by atoms with Gasteiger partial charge in [-0.1, -0.05) is 36.2 Å². The first-order chi connectivity index (χ1) is 9.10. The molecule has 102 valence electrons. The van der Waals surface area contributed by atoms with Crippen molar-refractivity contribution < 1.29 is 0 Å². The van der Waals surface area contributed by atoms with Crippen LogP contribution in [0.5, 0.6) is 0 Å². The second-order valence-electron chi connectivity index (χ2n) is 4.52. The van der Waals surface area contributed by atoms with Gasteiger partial charge in [-0.2, -0.15) is 0 Å². The third-order valence-electron chi connectivity index (χ3n) is 3.06. The molecular formula is C15H17Cl2NS. The fourth-order valence-electron chi connectivity index (χ4n) is 2.06. The van der Waals surface area contributed by atoms with Gasteiger partial charge < -0.3 is 5.32 Å². The topological polar surface area (TPSA) is 12.0 Å². The van der Waals surface area contributed by atoms with E-state index >= 15 is 0 Å². The lowest BCUT2D eigenvalue weighted by atomic mass is 10.0. The number of thiophene rings is 1. The highest BCUT2D eigenvalue weighted by atomic mass is 35.5. The maximum atomic E-state index is 6.27. The second-order valence-corrected chi connectivity index (χ2v) is 6.74. The number of benzene rings is 1. The van der Waals surface area contributed by atoms with E-state index in [2.05, 4.69) is 31.3 Å². The van der Waals surface area contributed by atoms with Crippen LogP contribution in [0, 0.1) is 6.92 Å². The highest BCUT2D eigenvalue weighted by molar-refractivity contribution is 7.11. The molecular weight excluding hydrogens is 297 g/mol. The summed E-state index contributed by atoms with van der Waals surface area (Å²) in [6.07, 6.45) is 0.992. The summed E-state index contributed by atoms with van der Waals surface area (Å²) in [6.45, 7) is 5.15. The Morgan fingerprint density at radius 3 is 2.58 bits per heavy atom. The van der Waals surface area contributed by atoms with Crippen LogP contribution in [0.15, 0.2) is 30.3 Å². The van der Waals surface area contributed by atoms with Crippen molar-refractivity contribution >= 4 is 34.5 Å². The van der Waals surface area contributed by atoms with Crippen LogP contribution in [0.2, 0.25) is 10.0 Å². The molecule has 1 heterocycles. The summed E-state index contributed by atoms with van der Waals surface area (Å²) in [6, 6.07) is 10.3. The number of hydrogen-bond acceptors (Lipinski definition) is 2. The van der Waals surface area contributed by atoms with E-state index in [0.29, 0.717) is 5.02 Å². The Hall–Kier alpha value is -0.540. The molecule has 1 unspecified atom stereocenters. The molecule has 1 aromatic heterocycles. The molecule has 0 bridgehead atoms. The third kappa shape index (κ3) is 3.96. The maximum absolute atomic E-state index is 6.27. The van der Waals surface area contributed by atoms with E-state index in [1.807, 2.05) is 23.5 Å². The minimum Gasteiger partial charge on any atom is -0.305 e. The Balaban J connectivity index is 2.07. The normalized spacial score (nSPS) is 12.6. The number of aryl methyl sites for hydroxylation is 1. The number of nitrogens with one attached hydrogen (secondary N) is 1. The van der Waals surface area contributed by atoms with E-state index < -0.39 is 0 Å². The minimum atomic E-state index is 0.257. The lowest BCUT2D eigenvalue weighted by Crippen LogP contribution is -2.20. The number of rotatable bonds is 5. The van der Waals surface area contributed by atoms with E-state index in [1.54, 1.807) is 6.07 Å². The smallest absolute Gasteiger partial charge is 0.0468 e. The Morgan fingerprint density at radius 1 is 1.21 bits per heavy atom. The van der Waals surface area contributed by atoms with Gasteiger partial charge in [-0.3, -0.25) is 0 Å². The van der Waals surface area contributed by atoms with E-state index in [0.717, 1.165) is 23.6 Å². The van der Waals surface area contributed by atoms with Crippen LogP contribution in [0.4, 0.5) is 0 Å². The summed E-state index contributed by atoms with van der Waals surface area (Å²) in [5.41, 5.74) is 1.11.